The van der Waals surface area contributed by atoms with Crippen LogP contribution in [0.3, 0.4) is 0 Å². The summed E-state index contributed by atoms with van der Waals surface area (Å²) in [7, 11) is 0. The Bertz CT molecular complexity index is 561. The summed E-state index contributed by atoms with van der Waals surface area (Å²) in [5, 5.41) is 22.1. The van der Waals surface area contributed by atoms with Crippen LogP contribution in [0, 0.1) is 10.1 Å². The van der Waals surface area contributed by atoms with Gasteiger partial charge in [-0.25, -0.2) is 4.79 Å². The van der Waals surface area contributed by atoms with E-state index < -0.39 is 28.5 Å². The van der Waals surface area contributed by atoms with Gasteiger partial charge in [0.25, 0.3) is 11.6 Å². The number of amides is 1. The van der Waals surface area contributed by atoms with Crippen molar-refractivity contribution in [1.82, 2.24) is 5.32 Å². The number of nitrogens with zero attached hydrogens (tertiary/aromatic N) is 1. The maximum atomic E-state index is 12.0. The van der Waals surface area contributed by atoms with E-state index in [1.165, 1.54) is 12.1 Å². The fraction of sp³-hybridized carbons (Fsp3) is 0.385. The SMILES string of the molecule is CCCCC(NC(=O)c1ccc(Cl)c([N+](=O)[O-])c1)C(=O)O. The number of aliphatic carboxylic acids is 1. The molecule has 0 spiro atoms. The first kappa shape index (κ1) is 16.9. The zero-order valence-corrected chi connectivity index (χ0v) is 12.1. The van der Waals surface area contributed by atoms with Gasteiger partial charge < -0.3 is 10.4 Å². The van der Waals surface area contributed by atoms with E-state index in [1.807, 2.05) is 6.92 Å². The Balaban J connectivity index is 2.90. The van der Waals surface area contributed by atoms with Gasteiger partial charge in [0.05, 0.1) is 4.92 Å². The number of nitro benzene ring substituents is 1. The molecule has 0 aromatic heterocycles. The molecule has 0 heterocycles. The number of carboxylic acids is 1. The molecule has 2 N–H and O–H groups in total. The molecule has 1 unspecified atom stereocenters. The van der Waals surface area contributed by atoms with E-state index in [4.69, 9.17) is 16.7 Å². The number of rotatable bonds is 7. The monoisotopic (exact) mass is 314 g/mol. The highest BCUT2D eigenvalue weighted by Crippen LogP contribution is 2.25. The number of halogens is 1. The molecule has 1 rings (SSSR count). The Morgan fingerprint density at radius 2 is 2.14 bits per heavy atom. The van der Waals surface area contributed by atoms with Crippen LogP contribution in [0.25, 0.3) is 0 Å². The van der Waals surface area contributed by atoms with Crippen molar-refractivity contribution in [2.24, 2.45) is 0 Å². The Labute approximate surface area is 126 Å². The van der Waals surface area contributed by atoms with Crippen LogP contribution < -0.4 is 5.32 Å². The lowest BCUT2D eigenvalue weighted by Gasteiger charge is -2.14. The van der Waals surface area contributed by atoms with Crippen molar-refractivity contribution in [3.05, 3.63) is 38.9 Å². The molecule has 0 saturated carbocycles. The summed E-state index contributed by atoms with van der Waals surface area (Å²) in [6.45, 7) is 1.91. The van der Waals surface area contributed by atoms with E-state index >= 15 is 0 Å². The molecule has 7 nitrogen and oxygen atoms in total. The molecule has 0 aliphatic rings. The number of nitro groups is 1. The normalized spacial score (nSPS) is 11.7. The van der Waals surface area contributed by atoms with Crippen LogP contribution in [0.1, 0.15) is 36.5 Å². The van der Waals surface area contributed by atoms with E-state index in [9.17, 15) is 19.7 Å². The third-order valence-electron chi connectivity index (χ3n) is 2.85. The van der Waals surface area contributed by atoms with Gasteiger partial charge in [0, 0.05) is 11.6 Å². The highest BCUT2D eigenvalue weighted by molar-refractivity contribution is 6.32. The lowest BCUT2D eigenvalue weighted by atomic mass is 10.1. The van der Waals surface area contributed by atoms with Crippen molar-refractivity contribution in [1.29, 1.82) is 0 Å². The van der Waals surface area contributed by atoms with Crippen LogP contribution >= 0.6 is 11.6 Å². The van der Waals surface area contributed by atoms with Crippen LogP contribution in [-0.4, -0.2) is 27.9 Å². The van der Waals surface area contributed by atoms with Crippen molar-refractivity contribution < 1.29 is 19.6 Å². The lowest BCUT2D eigenvalue weighted by molar-refractivity contribution is -0.384. The molecule has 1 atom stereocenters. The molecule has 0 fully saturated rings. The molecule has 1 aromatic rings. The van der Waals surface area contributed by atoms with E-state index in [2.05, 4.69) is 5.32 Å². The predicted molar refractivity (Wildman–Crippen MR) is 76.5 cm³/mol. The van der Waals surface area contributed by atoms with Crippen molar-refractivity contribution in [3.63, 3.8) is 0 Å². The van der Waals surface area contributed by atoms with E-state index in [0.717, 1.165) is 12.5 Å². The highest BCUT2D eigenvalue weighted by atomic mass is 35.5. The minimum absolute atomic E-state index is 0.00570. The summed E-state index contributed by atoms with van der Waals surface area (Å²) in [6.07, 6.45) is 1.75. The molecule has 0 radical (unpaired) electrons. The van der Waals surface area contributed by atoms with Crippen LogP contribution in [0.15, 0.2) is 18.2 Å². The Kier molecular flexibility index (Phi) is 6.10. The average molecular weight is 315 g/mol. The minimum atomic E-state index is -1.14. The van der Waals surface area contributed by atoms with Gasteiger partial charge >= 0.3 is 5.97 Å². The molecule has 0 aliphatic carbocycles. The maximum absolute atomic E-state index is 12.0. The zero-order chi connectivity index (χ0) is 16.0. The topological polar surface area (TPSA) is 110 Å². The molecule has 0 saturated heterocycles. The second kappa shape index (κ2) is 7.58. The first-order valence-electron chi connectivity index (χ1n) is 6.34. The van der Waals surface area contributed by atoms with Gasteiger partial charge in [-0.2, -0.15) is 0 Å². The molecule has 21 heavy (non-hydrogen) atoms. The predicted octanol–water partition coefficient (Wildman–Crippen LogP) is 2.62. The van der Waals surface area contributed by atoms with Gasteiger partial charge in [-0.15, -0.1) is 0 Å². The fourth-order valence-electron chi connectivity index (χ4n) is 1.70. The van der Waals surface area contributed by atoms with Crippen molar-refractivity contribution in [2.45, 2.75) is 32.2 Å². The zero-order valence-electron chi connectivity index (χ0n) is 11.3. The standard InChI is InChI=1S/C13H15ClN2O5/c1-2-3-4-10(13(18)19)15-12(17)8-5-6-9(14)11(7-8)16(20)21/h5-7,10H,2-4H2,1H3,(H,15,17)(H,18,19). The van der Waals surface area contributed by atoms with Gasteiger partial charge in [-0.1, -0.05) is 31.4 Å². The summed E-state index contributed by atoms with van der Waals surface area (Å²) in [5.41, 5.74) is -0.404. The summed E-state index contributed by atoms with van der Waals surface area (Å²) in [5.74, 6) is -1.82. The Morgan fingerprint density at radius 3 is 2.67 bits per heavy atom. The van der Waals surface area contributed by atoms with Crippen molar-refractivity contribution in [3.8, 4) is 0 Å². The third-order valence-corrected chi connectivity index (χ3v) is 3.17. The van der Waals surface area contributed by atoms with Crippen LogP contribution in [-0.2, 0) is 4.79 Å². The van der Waals surface area contributed by atoms with Crippen LogP contribution in [0.4, 0.5) is 5.69 Å². The van der Waals surface area contributed by atoms with Gasteiger partial charge in [-0.3, -0.25) is 14.9 Å². The summed E-state index contributed by atoms with van der Waals surface area (Å²) >= 11 is 5.65. The van der Waals surface area contributed by atoms with Crippen molar-refractivity contribution in [2.75, 3.05) is 0 Å². The molecule has 1 aromatic carbocycles. The second-order valence-corrected chi connectivity index (χ2v) is 4.84. The molecule has 1 amide bonds. The molecule has 114 valence electrons. The second-order valence-electron chi connectivity index (χ2n) is 4.43. The van der Waals surface area contributed by atoms with E-state index in [-0.39, 0.29) is 10.6 Å². The Hall–Kier alpha value is -2.15. The van der Waals surface area contributed by atoms with Gasteiger partial charge in [0.15, 0.2) is 0 Å². The number of hydrogen-bond acceptors (Lipinski definition) is 4. The summed E-state index contributed by atoms with van der Waals surface area (Å²) in [4.78, 5) is 33.1. The number of benzene rings is 1. The van der Waals surface area contributed by atoms with E-state index in [1.54, 1.807) is 0 Å². The number of nitrogens with one attached hydrogen (secondary N) is 1. The van der Waals surface area contributed by atoms with Gasteiger partial charge in [-0.05, 0) is 18.6 Å². The lowest BCUT2D eigenvalue weighted by Crippen LogP contribution is -2.40. The molecule has 0 aliphatic heterocycles. The van der Waals surface area contributed by atoms with Crippen LogP contribution in [0.5, 0.6) is 0 Å². The molecular formula is C13H15ClN2O5. The number of hydrogen-bond donors (Lipinski definition) is 2. The molecule has 0 bridgehead atoms. The van der Waals surface area contributed by atoms with Crippen LogP contribution in [0.2, 0.25) is 5.02 Å². The van der Waals surface area contributed by atoms with Gasteiger partial charge in [0.1, 0.15) is 11.1 Å². The molecule has 8 heteroatoms. The maximum Gasteiger partial charge on any atom is 0.326 e. The quantitative estimate of drug-likeness (QED) is 0.594. The third kappa shape index (κ3) is 4.71. The summed E-state index contributed by atoms with van der Waals surface area (Å²) in [6, 6.07) is 2.54. The van der Waals surface area contributed by atoms with Crippen molar-refractivity contribution >= 4 is 29.2 Å². The number of carbonyl (C=O) groups excluding carboxylic acids is 1. The summed E-state index contributed by atoms with van der Waals surface area (Å²) < 4.78 is 0. The highest BCUT2D eigenvalue weighted by Gasteiger charge is 2.22. The Morgan fingerprint density at radius 1 is 1.48 bits per heavy atom. The minimum Gasteiger partial charge on any atom is -0.480 e. The number of carboxylic acid groups (broad SMARTS) is 1. The number of unbranched alkanes of at least 4 members (excludes halogenated alkanes) is 1. The van der Waals surface area contributed by atoms with Gasteiger partial charge in [0.2, 0.25) is 0 Å². The molecular weight excluding hydrogens is 300 g/mol. The first-order chi connectivity index (χ1) is 9.86. The fourth-order valence-corrected chi connectivity index (χ4v) is 1.89. The number of carbonyl (C=O) groups is 2. The van der Waals surface area contributed by atoms with E-state index in [0.29, 0.717) is 12.8 Å². The first-order valence-corrected chi connectivity index (χ1v) is 6.72. The largest absolute Gasteiger partial charge is 0.480 e. The smallest absolute Gasteiger partial charge is 0.326 e. The average Bonchev–Trinajstić information content (AvgIpc) is 2.42.